The molecule has 11 nitrogen and oxygen atoms in total. The van der Waals surface area contributed by atoms with Crippen LogP contribution >= 0.6 is 11.6 Å². The van der Waals surface area contributed by atoms with Crippen LogP contribution in [0.15, 0.2) is 24.8 Å². The summed E-state index contributed by atoms with van der Waals surface area (Å²) in [5, 5.41) is 9.03. The first kappa shape index (κ1) is 23.1. The van der Waals surface area contributed by atoms with Crippen LogP contribution in [0.2, 0.25) is 5.28 Å². The van der Waals surface area contributed by atoms with Gasteiger partial charge in [0.2, 0.25) is 11.2 Å². The molecule has 2 unspecified atom stereocenters. The highest BCUT2D eigenvalue weighted by atomic mass is 35.5. The Kier molecular flexibility index (Phi) is 6.55. The Labute approximate surface area is 207 Å². The Morgan fingerprint density at radius 2 is 2.00 bits per heavy atom. The number of hydrogen-bond acceptors (Lipinski definition) is 10. The number of aromatic nitrogens is 6. The van der Waals surface area contributed by atoms with Crippen molar-refractivity contribution in [2.45, 2.75) is 19.3 Å². The molecule has 3 aromatic heterocycles. The number of piperidine rings is 1. The molecule has 1 aliphatic carbocycles. The number of nitrogen functional groups attached to an aromatic ring is 1. The molecule has 3 aromatic rings. The first-order chi connectivity index (χ1) is 17.0. The largest absolute Gasteiger partial charge is 0.489 e. The monoisotopic (exact) mass is 495 g/mol. The zero-order valence-corrected chi connectivity index (χ0v) is 20.1. The summed E-state index contributed by atoms with van der Waals surface area (Å²) >= 11 is 6.11. The highest BCUT2D eigenvalue weighted by Crippen LogP contribution is 2.37. The van der Waals surface area contributed by atoms with Crippen molar-refractivity contribution in [3.05, 3.63) is 30.1 Å². The van der Waals surface area contributed by atoms with Gasteiger partial charge in [0.15, 0.2) is 11.6 Å². The molecule has 1 aliphatic heterocycles. The van der Waals surface area contributed by atoms with Crippen LogP contribution < -0.4 is 20.1 Å². The Morgan fingerprint density at radius 3 is 2.71 bits per heavy atom. The summed E-state index contributed by atoms with van der Waals surface area (Å²) in [7, 11) is 1.92. The van der Waals surface area contributed by atoms with Crippen LogP contribution in [0.4, 0.5) is 11.8 Å². The molecule has 12 heteroatoms. The van der Waals surface area contributed by atoms with Crippen LogP contribution in [0.25, 0.3) is 11.3 Å². The number of nitrogens with zero attached hydrogens (tertiary/aromatic N) is 8. The Morgan fingerprint density at radius 1 is 1.17 bits per heavy atom. The molecular formula is C23H26ClN9O2. The summed E-state index contributed by atoms with van der Waals surface area (Å²) in [5.41, 5.74) is 7.72. The third-order valence-corrected chi connectivity index (χ3v) is 6.51. The molecule has 0 bridgehead atoms. The van der Waals surface area contributed by atoms with E-state index in [1.807, 2.05) is 23.9 Å². The first-order valence-electron chi connectivity index (χ1n) is 11.5. The lowest BCUT2D eigenvalue weighted by molar-refractivity contribution is 0.222. The van der Waals surface area contributed by atoms with Gasteiger partial charge in [0.1, 0.15) is 0 Å². The summed E-state index contributed by atoms with van der Waals surface area (Å²) in [6.07, 6.45) is 8.02. The molecule has 2 atom stereocenters. The maximum Gasteiger partial charge on any atom is 0.322 e. The minimum atomic E-state index is 0.0663. The molecule has 1 saturated carbocycles. The molecule has 0 aromatic carbocycles. The van der Waals surface area contributed by atoms with Crippen LogP contribution in [0.5, 0.6) is 11.8 Å². The number of anilines is 2. The van der Waals surface area contributed by atoms with Crippen LogP contribution in [-0.4, -0.2) is 55.8 Å². The second kappa shape index (κ2) is 9.92. The number of imidazole rings is 1. The maximum absolute atomic E-state index is 8.93. The van der Waals surface area contributed by atoms with Crippen molar-refractivity contribution in [1.29, 1.82) is 5.26 Å². The second-order valence-corrected chi connectivity index (χ2v) is 9.34. The number of rotatable bonds is 8. The molecule has 2 N–H and O–H groups in total. The van der Waals surface area contributed by atoms with E-state index >= 15 is 0 Å². The van der Waals surface area contributed by atoms with Gasteiger partial charge in [-0.05, 0) is 42.8 Å². The fraction of sp³-hybridized carbons (Fsp3) is 0.478. The van der Waals surface area contributed by atoms with Crippen LogP contribution in [0, 0.1) is 29.1 Å². The SMILES string of the molecule is Cn1cnc(-c2cnc(N)c(OCC3CCN(c4nc(Cl)nc(OCC5CC5C#N)n4)CC3)c2)c1. The van der Waals surface area contributed by atoms with Crippen molar-refractivity contribution >= 4 is 23.4 Å². The number of ether oxygens (including phenoxy) is 2. The zero-order valence-electron chi connectivity index (χ0n) is 19.3. The van der Waals surface area contributed by atoms with E-state index in [0.717, 1.165) is 43.6 Å². The summed E-state index contributed by atoms with van der Waals surface area (Å²) in [6.45, 7) is 2.47. The topological polar surface area (TPSA) is 141 Å². The predicted molar refractivity (Wildman–Crippen MR) is 129 cm³/mol. The van der Waals surface area contributed by atoms with Crippen LogP contribution in [0.3, 0.4) is 0 Å². The number of pyridine rings is 1. The standard InChI is InChI=1S/C23H26ClN9O2/c1-32-10-18(28-13-32)16-7-19(20(26)27-9-16)34-11-14-2-4-33(5-3-14)22-29-21(24)30-23(31-22)35-12-17-6-15(17)8-25/h7,9-10,13-15,17H,2-6,11-12H2,1H3,(H2,26,27). The molecule has 4 heterocycles. The quantitative estimate of drug-likeness (QED) is 0.495. The summed E-state index contributed by atoms with van der Waals surface area (Å²) in [5.74, 6) is 2.09. The molecule has 2 aliphatic rings. The van der Waals surface area contributed by atoms with Crippen molar-refractivity contribution in [3.8, 4) is 29.1 Å². The average molecular weight is 496 g/mol. The van der Waals surface area contributed by atoms with Crippen molar-refractivity contribution in [2.75, 3.05) is 36.9 Å². The highest BCUT2D eigenvalue weighted by Gasteiger charge is 2.38. The lowest BCUT2D eigenvalue weighted by Gasteiger charge is -2.31. The summed E-state index contributed by atoms with van der Waals surface area (Å²) in [4.78, 5) is 23.5. The van der Waals surface area contributed by atoms with E-state index in [-0.39, 0.29) is 23.1 Å². The van der Waals surface area contributed by atoms with E-state index in [1.54, 1.807) is 12.5 Å². The molecule has 0 amide bonds. The van der Waals surface area contributed by atoms with Gasteiger partial charge in [0.05, 0.1) is 37.2 Å². The van der Waals surface area contributed by atoms with Gasteiger partial charge < -0.3 is 24.7 Å². The van der Waals surface area contributed by atoms with Crippen molar-refractivity contribution < 1.29 is 9.47 Å². The minimum Gasteiger partial charge on any atom is -0.489 e. The molecule has 0 radical (unpaired) electrons. The van der Waals surface area contributed by atoms with Gasteiger partial charge in [0.25, 0.3) is 0 Å². The molecule has 0 spiro atoms. The van der Waals surface area contributed by atoms with Crippen LogP contribution in [0.1, 0.15) is 19.3 Å². The zero-order chi connectivity index (χ0) is 24.4. The van der Waals surface area contributed by atoms with Crippen LogP contribution in [-0.2, 0) is 7.05 Å². The van der Waals surface area contributed by atoms with E-state index in [1.165, 1.54) is 0 Å². The number of nitrogens with two attached hydrogens (primary N) is 1. The fourth-order valence-corrected chi connectivity index (χ4v) is 4.23. The third kappa shape index (κ3) is 5.54. The second-order valence-electron chi connectivity index (χ2n) is 9.00. The van der Waals surface area contributed by atoms with Gasteiger partial charge >= 0.3 is 6.01 Å². The summed E-state index contributed by atoms with van der Waals surface area (Å²) < 4.78 is 13.6. The van der Waals surface area contributed by atoms with E-state index in [2.05, 4.69) is 35.9 Å². The predicted octanol–water partition coefficient (Wildman–Crippen LogP) is 2.74. The van der Waals surface area contributed by atoms with E-state index in [4.69, 9.17) is 32.1 Å². The van der Waals surface area contributed by atoms with E-state index < -0.39 is 0 Å². The van der Waals surface area contributed by atoms with Gasteiger partial charge in [0, 0.05) is 44.0 Å². The maximum atomic E-state index is 8.93. The molecule has 35 heavy (non-hydrogen) atoms. The first-order valence-corrected chi connectivity index (χ1v) is 11.9. The third-order valence-electron chi connectivity index (χ3n) is 6.35. The number of aryl methyl sites for hydroxylation is 1. The van der Waals surface area contributed by atoms with Gasteiger partial charge in [-0.15, -0.1) is 0 Å². The van der Waals surface area contributed by atoms with Crippen molar-refractivity contribution in [1.82, 2.24) is 29.5 Å². The van der Waals surface area contributed by atoms with Gasteiger partial charge in [-0.3, -0.25) is 0 Å². The normalized spacial score (nSPS) is 19.9. The fourth-order valence-electron chi connectivity index (χ4n) is 4.08. The lowest BCUT2D eigenvalue weighted by atomic mass is 9.98. The average Bonchev–Trinajstić information content (AvgIpc) is 3.50. The van der Waals surface area contributed by atoms with Gasteiger partial charge in [-0.1, -0.05) is 0 Å². The molecular weight excluding hydrogens is 470 g/mol. The Balaban J connectivity index is 1.15. The highest BCUT2D eigenvalue weighted by molar-refractivity contribution is 6.28. The molecule has 182 valence electrons. The van der Waals surface area contributed by atoms with Gasteiger partial charge in [-0.25, -0.2) is 9.97 Å². The van der Waals surface area contributed by atoms with Gasteiger partial charge in [-0.2, -0.15) is 20.2 Å². The minimum absolute atomic E-state index is 0.0663. The number of hydrogen-bond donors (Lipinski definition) is 1. The van der Waals surface area contributed by atoms with Crippen molar-refractivity contribution in [2.24, 2.45) is 24.8 Å². The smallest absolute Gasteiger partial charge is 0.322 e. The van der Waals surface area contributed by atoms with E-state index in [9.17, 15) is 0 Å². The molecule has 2 fully saturated rings. The number of halogens is 1. The summed E-state index contributed by atoms with van der Waals surface area (Å²) in [6, 6.07) is 4.33. The van der Waals surface area contributed by atoms with E-state index in [0.29, 0.717) is 36.6 Å². The lowest BCUT2D eigenvalue weighted by Crippen LogP contribution is -2.36. The Hall–Kier alpha value is -3.65. The Bertz CT molecular complexity index is 1240. The molecule has 5 rings (SSSR count). The number of nitriles is 1. The van der Waals surface area contributed by atoms with Crippen molar-refractivity contribution in [3.63, 3.8) is 0 Å². The molecule has 1 saturated heterocycles.